The number of nitrogens with zero attached hydrogens (tertiary/aromatic N) is 1. The summed E-state index contributed by atoms with van der Waals surface area (Å²) in [5, 5.41) is 2.42. The van der Waals surface area contributed by atoms with Crippen molar-refractivity contribution in [2.24, 2.45) is 5.73 Å². The van der Waals surface area contributed by atoms with Crippen LogP contribution in [0.4, 0.5) is 0 Å². The molecule has 78 valence electrons. The van der Waals surface area contributed by atoms with Crippen LogP contribution in [0.15, 0.2) is 5.38 Å². The number of rotatable bonds is 3. The van der Waals surface area contributed by atoms with Gasteiger partial charge in [0, 0.05) is 5.38 Å². The van der Waals surface area contributed by atoms with Crippen molar-refractivity contribution in [3.8, 4) is 0 Å². The highest BCUT2D eigenvalue weighted by Gasteiger charge is 2.14. The number of esters is 1. The first-order chi connectivity index (χ1) is 6.50. The molecule has 1 aromatic heterocycles. The van der Waals surface area contributed by atoms with Crippen LogP contribution in [-0.2, 0) is 4.74 Å². The summed E-state index contributed by atoms with van der Waals surface area (Å²) in [6.07, 6.45) is -0.122. The first-order valence-electron chi connectivity index (χ1n) is 4.42. The number of ether oxygens (including phenoxy) is 1. The first-order valence-corrected chi connectivity index (χ1v) is 5.30. The number of hydrogen-bond acceptors (Lipinski definition) is 5. The summed E-state index contributed by atoms with van der Waals surface area (Å²) < 4.78 is 4.99. The van der Waals surface area contributed by atoms with E-state index in [0.29, 0.717) is 5.69 Å². The molecule has 4 nitrogen and oxygen atoms in total. The zero-order valence-corrected chi connectivity index (χ0v) is 9.30. The second-order valence-corrected chi connectivity index (χ2v) is 4.20. The van der Waals surface area contributed by atoms with Crippen LogP contribution in [0.5, 0.6) is 0 Å². The highest BCUT2D eigenvalue weighted by molar-refractivity contribution is 7.09. The first kappa shape index (κ1) is 11.1. The Morgan fingerprint density at radius 2 is 2.21 bits per heavy atom. The van der Waals surface area contributed by atoms with Crippen molar-refractivity contribution in [2.45, 2.75) is 32.9 Å². The second-order valence-electron chi connectivity index (χ2n) is 3.31. The molecule has 0 bridgehead atoms. The summed E-state index contributed by atoms with van der Waals surface area (Å²) in [7, 11) is 0. The minimum atomic E-state index is -0.386. The quantitative estimate of drug-likeness (QED) is 0.778. The second kappa shape index (κ2) is 4.52. The highest BCUT2D eigenvalue weighted by atomic mass is 32.1. The zero-order valence-electron chi connectivity index (χ0n) is 8.48. The Kier molecular flexibility index (Phi) is 3.60. The van der Waals surface area contributed by atoms with Gasteiger partial charge in [-0.05, 0) is 20.8 Å². The monoisotopic (exact) mass is 214 g/mol. The fourth-order valence-electron chi connectivity index (χ4n) is 0.865. The Bertz CT molecular complexity index is 320. The fraction of sp³-hybridized carbons (Fsp3) is 0.556. The predicted octanol–water partition coefficient (Wildman–Crippen LogP) is 1.73. The molecule has 0 amide bonds. The Balaban J connectivity index is 2.71. The summed E-state index contributed by atoms with van der Waals surface area (Å²) in [6, 6.07) is -0.138. The molecule has 1 heterocycles. The van der Waals surface area contributed by atoms with Crippen LogP contribution in [0.2, 0.25) is 0 Å². The third-order valence-corrected chi connectivity index (χ3v) is 2.51. The standard InChI is InChI=1S/C9H14N2O2S/c1-5(2)13-9(12)7-4-14-8(11-7)6(3)10/h4-6H,10H2,1-3H3. The van der Waals surface area contributed by atoms with Crippen molar-refractivity contribution in [1.29, 1.82) is 0 Å². The number of nitrogens with two attached hydrogens (primary N) is 1. The minimum Gasteiger partial charge on any atom is -0.458 e. The van der Waals surface area contributed by atoms with Gasteiger partial charge >= 0.3 is 5.97 Å². The molecule has 0 spiro atoms. The van der Waals surface area contributed by atoms with E-state index in [-0.39, 0.29) is 18.1 Å². The van der Waals surface area contributed by atoms with E-state index in [0.717, 1.165) is 5.01 Å². The molecule has 0 saturated heterocycles. The van der Waals surface area contributed by atoms with Crippen molar-refractivity contribution in [3.05, 3.63) is 16.1 Å². The number of carbonyl (C=O) groups excluding carboxylic acids is 1. The van der Waals surface area contributed by atoms with Crippen LogP contribution >= 0.6 is 11.3 Å². The molecular weight excluding hydrogens is 200 g/mol. The van der Waals surface area contributed by atoms with E-state index in [1.807, 2.05) is 6.92 Å². The molecule has 1 atom stereocenters. The Morgan fingerprint density at radius 3 is 2.64 bits per heavy atom. The molecule has 0 fully saturated rings. The molecule has 0 radical (unpaired) electrons. The summed E-state index contributed by atoms with van der Waals surface area (Å²) >= 11 is 1.38. The normalized spacial score (nSPS) is 12.9. The van der Waals surface area contributed by atoms with Crippen molar-refractivity contribution >= 4 is 17.3 Å². The Labute approximate surface area is 87.1 Å². The van der Waals surface area contributed by atoms with Gasteiger partial charge in [-0.3, -0.25) is 0 Å². The molecular formula is C9H14N2O2S. The van der Waals surface area contributed by atoms with Gasteiger partial charge in [0.25, 0.3) is 0 Å². The van der Waals surface area contributed by atoms with Crippen LogP contribution in [0, 0.1) is 0 Å². The van der Waals surface area contributed by atoms with E-state index < -0.39 is 0 Å². The molecule has 0 aliphatic rings. The van der Waals surface area contributed by atoms with Gasteiger partial charge in [0.2, 0.25) is 0 Å². The van der Waals surface area contributed by atoms with Gasteiger partial charge in [-0.2, -0.15) is 0 Å². The molecule has 1 aromatic rings. The fourth-order valence-corrected chi connectivity index (χ4v) is 1.61. The lowest BCUT2D eigenvalue weighted by molar-refractivity contribution is 0.0371. The molecule has 0 saturated carbocycles. The molecule has 2 N–H and O–H groups in total. The lowest BCUT2D eigenvalue weighted by atomic mass is 10.4. The Hall–Kier alpha value is -0.940. The number of carbonyl (C=O) groups is 1. The van der Waals surface area contributed by atoms with Crippen LogP contribution in [0.1, 0.15) is 42.3 Å². The van der Waals surface area contributed by atoms with E-state index >= 15 is 0 Å². The number of thiazole rings is 1. The summed E-state index contributed by atoms with van der Waals surface area (Å²) in [6.45, 7) is 5.43. The molecule has 0 aliphatic carbocycles. The zero-order chi connectivity index (χ0) is 10.7. The molecule has 1 rings (SSSR count). The van der Waals surface area contributed by atoms with Gasteiger partial charge in [-0.1, -0.05) is 0 Å². The summed E-state index contributed by atoms with van der Waals surface area (Å²) in [5.41, 5.74) is 5.97. The van der Waals surface area contributed by atoms with Gasteiger partial charge in [-0.25, -0.2) is 9.78 Å². The lowest BCUT2D eigenvalue weighted by Gasteiger charge is -2.05. The van der Waals surface area contributed by atoms with Crippen LogP contribution in [-0.4, -0.2) is 17.1 Å². The van der Waals surface area contributed by atoms with E-state index in [2.05, 4.69) is 4.98 Å². The largest absolute Gasteiger partial charge is 0.458 e. The van der Waals surface area contributed by atoms with Crippen LogP contribution in [0.25, 0.3) is 0 Å². The molecule has 5 heteroatoms. The smallest absolute Gasteiger partial charge is 0.358 e. The van der Waals surface area contributed by atoms with E-state index in [1.165, 1.54) is 11.3 Å². The van der Waals surface area contributed by atoms with Crippen molar-refractivity contribution in [3.63, 3.8) is 0 Å². The average Bonchev–Trinajstić information content (AvgIpc) is 2.50. The van der Waals surface area contributed by atoms with Crippen molar-refractivity contribution in [1.82, 2.24) is 4.98 Å². The molecule has 1 unspecified atom stereocenters. The van der Waals surface area contributed by atoms with Gasteiger partial charge in [0.05, 0.1) is 12.1 Å². The van der Waals surface area contributed by atoms with Gasteiger partial charge in [-0.15, -0.1) is 11.3 Å². The highest BCUT2D eigenvalue weighted by Crippen LogP contribution is 2.16. The maximum atomic E-state index is 11.4. The van der Waals surface area contributed by atoms with E-state index in [9.17, 15) is 4.79 Å². The van der Waals surface area contributed by atoms with Crippen molar-refractivity contribution in [2.75, 3.05) is 0 Å². The predicted molar refractivity (Wildman–Crippen MR) is 55.3 cm³/mol. The van der Waals surface area contributed by atoms with Gasteiger partial charge in [0.1, 0.15) is 5.01 Å². The number of aromatic nitrogens is 1. The molecule has 14 heavy (non-hydrogen) atoms. The van der Waals surface area contributed by atoms with Crippen LogP contribution < -0.4 is 5.73 Å². The van der Waals surface area contributed by atoms with Crippen molar-refractivity contribution < 1.29 is 9.53 Å². The van der Waals surface area contributed by atoms with Gasteiger partial charge < -0.3 is 10.5 Å². The summed E-state index contributed by atoms with van der Waals surface area (Å²) in [4.78, 5) is 15.5. The third-order valence-electron chi connectivity index (χ3n) is 1.46. The van der Waals surface area contributed by atoms with Gasteiger partial charge in [0.15, 0.2) is 5.69 Å². The van der Waals surface area contributed by atoms with Crippen LogP contribution in [0.3, 0.4) is 0 Å². The SMILES string of the molecule is CC(C)OC(=O)c1csc(C(C)N)n1. The van der Waals surface area contributed by atoms with E-state index in [4.69, 9.17) is 10.5 Å². The number of hydrogen-bond donors (Lipinski definition) is 1. The third kappa shape index (κ3) is 2.78. The summed E-state index contributed by atoms with van der Waals surface area (Å²) in [5.74, 6) is -0.386. The minimum absolute atomic E-state index is 0.122. The maximum absolute atomic E-state index is 11.4. The average molecular weight is 214 g/mol. The maximum Gasteiger partial charge on any atom is 0.358 e. The molecule has 0 aliphatic heterocycles. The lowest BCUT2D eigenvalue weighted by Crippen LogP contribution is -2.12. The topological polar surface area (TPSA) is 65.2 Å². The van der Waals surface area contributed by atoms with E-state index in [1.54, 1.807) is 19.2 Å². The Morgan fingerprint density at radius 1 is 1.57 bits per heavy atom. The molecule has 0 aromatic carbocycles.